The molecule has 0 heterocycles. The van der Waals surface area contributed by atoms with E-state index in [2.05, 4.69) is 16.7 Å². The zero-order valence-corrected chi connectivity index (χ0v) is 6.49. The first-order valence-electron chi connectivity index (χ1n) is 3.17. The minimum absolute atomic E-state index is 0.690. The van der Waals surface area contributed by atoms with Crippen molar-refractivity contribution in [3.63, 3.8) is 0 Å². The van der Waals surface area contributed by atoms with Crippen LogP contribution in [-0.4, -0.2) is 18.8 Å². The van der Waals surface area contributed by atoms with Gasteiger partial charge in [-0.05, 0) is 25.8 Å². The Labute approximate surface area is 66.4 Å². The van der Waals surface area contributed by atoms with Crippen molar-refractivity contribution in [3.8, 4) is 0 Å². The van der Waals surface area contributed by atoms with Gasteiger partial charge in [-0.25, -0.2) is 4.99 Å². The van der Waals surface area contributed by atoms with Gasteiger partial charge in [0.25, 0.3) is 0 Å². The number of hydrogen-bond acceptors (Lipinski definition) is 2. The normalized spacial score (nSPS) is 12.6. The van der Waals surface area contributed by atoms with E-state index in [-0.39, 0.29) is 0 Å². The van der Waals surface area contributed by atoms with Gasteiger partial charge in [-0.2, -0.15) is 0 Å². The Morgan fingerprint density at radius 3 is 2.64 bits per heavy atom. The van der Waals surface area contributed by atoms with E-state index < -0.39 is 0 Å². The summed E-state index contributed by atoms with van der Waals surface area (Å²) in [5.74, 6) is 0. The number of nitrogens with one attached hydrogen (secondary N) is 1. The second-order valence-corrected chi connectivity index (χ2v) is 1.68. The molecule has 0 amide bonds. The van der Waals surface area contributed by atoms with Crippen LogP contribution in [0.1, 0.15) is 6.92 Å². The van der Waals surface area contributed by atoms with Crippen molar-refractivity contribution < 1.29 is 0 Å². The molecule has 0 aliphatic rings. The first-order chi connectivity index (χ1) is 5.35. The molecule has 0 atom stereocenters. The number of rotatable bonds is 4. The third kappa shape index (κ3) is 4.96. The summed E-state index contributed by atoms with van der Waals surface area (Å²) in [6.07, 6.45) is 7.83. The van der Waals surface area contributed by atoms with Gasteiger partial charge >= 0.3 is 0 Å². The predicted molar refractivity (Wildman–Crippen MR) is 49.7 cm³/mol. The molecule has 3 heteroatoms. The first-order valence-corrected chi connectivity index (χ1v) is 3.17. The van der Waals surface area contributed by atoms with Crippen molar-refractivity contribution in [1.29, 1.82) is 5.41 Å². The van der Waals surface area contributed by atoms with Gasteiger partial charge in [0.05, 0.1) is 5.71 Å². The molecule has 0 spiro atoms. The average Bonchev–Trinajstić information content (AvgIpc) is 2.01. The standard InChI is InChI=1S/C8H11N3/c1-3-4-8(11-7-9)5-6-10-2/h3-7,9H,2H2,1H3/b4-3-,6-5+,9-7?,11-8?. The Bertz CT molecular complexity index is 211. The lowest BCUT2D eigenvalue weighted by Crippen LogP contribution is -1.86. The SMILES string of the molecule is C=N/C=C/C(/C=C\C)=NC=N. The summed E-state index contributed by atoms with van der Waals surface area (Å²) < 4.78 is 0. The molecular formula is C8H11N3. The third-order valence-corrected chi connectivity index (χ3v) is 0.902. The van der Waals surface area contributed by atoms with E-state index in [9.17, 15) is 0 Å². The molecule has 0 aliphatic carbocycles. The molecule has 0 aliphatic heterocycles. The van der Waals surface area contributed by atoms with Crippen LogP contribution in [0.3, 0.4) is 0 Å². The topological polar surface area (TPSA) is 48.6 Å². The van der Waals surface area contributed by atoms with Crippen LogP contribution < -0.4 is 0 Å². The summed E-state index contributed by atoms with van der Waals surface area (Å²) in [7, 11) is 0. The second kappa shape index (κ2) is 6.61. The Morgan fingerprint density at radius 2 is 2.18 bits per heavy atom. The van der Waals surface area contributed by atoms with E-state index in [1.54, 1.807) is 12.2 Å². The Hall–Kier alpha value is -1.51. The summed E-state index contributed by atoms with van der Waals surface area (Å²) in [5.41, 5.74) is 0.690. The van der Waals surface area contributed by atoms with Gasteiger partial charge < -0.3 is 0 Å². The summed E-state index contributed by atoms with van der Waals surface area (Å²) in [5, 5.41) is 6.72. The van der Waals surface area contributed by atoms with Crippen LogP contribution in [0.25, 0.3) is 0 Å². The third-order valence-electron chi connectivity index (χ3n) is 0.902. The largest absolute Gasteiger partial charge is 0.290 e. The van der Waals surface area contributed by atoms with E-state index in [0.717, 1.165) is 6.34 Å². The summed E-state index contributed by atoms with van der Waals surface area (Å²) in [6.45, 7) is 5.16. The maximum absolute atomic E-state index is 6.72. The summed E-state index contributed by atoms with van der Waals surface area (Å²) >= 11 is 0. The van der Waals surface area contributed by atoms with E-state index in [4.69, 9.17) is 5.41 Å². The van der Waals surface area contributed by atoms with Gasteiger partial charge in [0.1, 0.15) is 6.34 Å². The molecule has 0 radical (unpaired) electrons. The summed E-state index contributed by atoms with van der Waals surface area (Å²) in [4.78, 5) is 7.27. The Kier molecular flexibility index (Phi) is 5.70. The Morgan fingerprint density at radius 1 is 1.45 bits per heavy atom. The molecule has 58 valence electrons. The lowest BCUT2D eigenvalue weighted by molar-refractivity contribution is 1.51. The van der Waals surface area contributed by atoms with Gasteiger partial charge in [0.15, 0.2) is 0 Å². The molecule has 1 N–H and O–H groups in total. The van der Waals surface area contributed by atoms with Gasteiger partial charge in [0.2, 0.25) is 0 Å². The molecule has 11 heavy (non-hydrogen) atoms. The van der Waals surface area contributed by atoms with Crippen LogP contribution >= 0.6 is 0 Å². The molecule has 0 saturated heterocycles. The fourth-order valence-electron chi connectivity index (χ4n) is 0.516. The van der Waals surface area contributed by atoms with Crippen LogP contribution in [0.5, 0.6) is 0 Å². The molecule has 0 rings (SSSR count). The first kappa shape index (κ1) is 9.49. The van der Waals surface area contributed by atoms with Gasteiger partial charge in [-0.15, -0.1) is 0 Å². The minimum atomic E-state index is 0.690. The van der Waals surface area contributed by atoms with Crippen molar-refractivity contribution >= 4 is 18.8 Å². The quantitative estimate of drug-likeness (QED) is 0.468. The van der Waals surface area contributed by atoms with Crippen LogP contribution in [0.15, 0.2) is 34.4 Å². The number of allylic oxidation sites excluding steroid dienone is 3. The molecule has 0 unspecified atom stereocenters. The smallest absolute Gasteiger partial charge is 0.107 e. The molecule has 0 saturated carbocycles. The molecule has 0 bridgehead atoms. The van der Waals surface area contributed by atoms with Crippen LogP contribution in [0.2, 0.25) is 0 Å². The monoisotopic (exact) mass is 149 g/mol. The molecule has 0 aromatic rings. The summed E-state index contributed by atoms with van der Waals surface area (Å²) in [6, 6.07) is 0. The zero-order valence-electron chi connectivity index (χ0n) is 6.49. The van der Waals surface area contributed by atoms with Crippen molar-refractivity contribution in [2.45, 2.75) is 6.92 Å². The Balaban J connectivity index is 4.33. The molecule has 0 aromatic heterocycles. The fraction of sp³-hybridized carbons (Fsp3) is 0.125. The highest BCUT2D eigenvalue weighted by atomic mass is 14.8. The molecule has 0 aromatic carbocycles. The highest BCUT2D eigenvalue weighted by Gasteiger charge is 1.82. The van der Waals surface area contributed by atoms with E-state index in [0.29, 0.717) is 5.71 Å². The fourth-order valence-corrected chi connectivity index (χ4v) is 0.516. The van der Waals surface area contributed by atoms with Crippen molar-refractivity contribution in [1.82, 2.24) is 0 Å². The highest BCUT2D eigenvalue weighted by Crippen LogP contribution is 1.84. The van der Waals surface area contributed by atoms with Gasteiger partial charge in [-0.1, -0.05) is 6.08 Å². The van der Waals surface area contributed by atoms with Crippen LogP contribution in [-0.2, 0) is 0 Å². The maximum Gasteiger partial charge on any atom is 0.107 e. The van der Waals surface area contributed by atoms with E-state index in [1.807, 2.05) is 13.0 Å². The van der Waals surface area contributed by atoms with Crippen LogP contribution in [0, 0.1) is 5.41 Å². The lowest BCUT2D eigenvalue weighted by Gasteiger charge is -1.86. The van der Waals surface area contributed by atoms with Crippen molar-refractivity contribution in [2.75, 3.05) is 0 Å². The molecule has 3 nitrogen and oxygen atoms in total. The predicted octanol–water partition coefficient (Wildman–Crippen LogP) is 1.82. The zero-order chi connectivity index (χ0) is 8.53. The number of aliphatic imine (C=N–C) groups is 2. The molecule has 0 fully saturated rings. The highest BCUT2D eigenvalue weighted by molar-refractivity contribution is 6.06. The molecular weight excluding hydrogens is 138 g/mol. The number of hydrogen-bond donors (Lipinski definition) is 1. The van der Waals surface area contributed by atoms with Crippen molar-refractivity contribution in [2.24, 2.45) is 9.98 Å². The second-order valence-electron chi connectivity index (χ2n) is 1.68. The number of nitrogens with zero attached hydrogens (tertiary/aromatic N) is 2. The lowest BCUT2D eigenvalue weighted by atomic mass is 10.3. The average molecular weight is 149 g/mol. The minimum Gasteiger partial charge on any atom is -0.290 e. The van der Waals surface area contributed by atoms with Gasteiger partial charge in [-0.3, -0.25) is 10.4 Å². The maximum atomic E-state index is 6.72. The van der Waals surface area contributed by atoms with E-state index in [1.165, 1.54) is 6.20 Å². The van der Waals surface area contributed by atoms with E-state index >= 15 is 0 Å². The van der Waals surface area contributed by atoms with Gasteiger partial charge in [0, 0.05) is 6.20 Å². The van der Waals surface area contributed by atoms with Crippen LogP contribution in [0.4, 0.5) is 0 Å². The van der Waals surface area contributed by atoms with Crippen molar-refractivity contribution in [3.05, 3.63) is 24.4 Å².